The molecule has 0 aliphatic heterocycles. The van der Waals surface area contributed by atoms with E-state index in [1.165, 1.54) is 0 Å². The fourth-order valence-corrected chi connectivity index (χ4v) is 3.00. The summed E-state index contributed by atoms with van der Waals surface area (Å²) in [5.74, 6) is -0.541. The zero-order chi connectivity index (χ0) is 16.6. The van der Waals surface area contributed by atoms with Gasteiger partial charge >= 0.3 is 0 Å². The molecule has 1 heterocycles. The lowest BCUT2D eigenvalue weighted by Crippen LogP contribution is -2.23. The van der Waals surface area contributed by atoms with Gasteiger partial charge in [-0.05, 0) is 17.2 Å². The molecule has 0 bridgehead atoms. The van der Waals surface area contributed by atoms with Crippen LogP contribution < -0.4 is 5.73 Å². The molecule has 6 heteroatoms. The molecular weight excluding hydrogens is 306 g/mol. The van der Waals surface area contributed by atoms with Crippen molar-refractivity contribution >= 4 is 35.4 Å². The van der Waals surface area contributed by atoms with Gasteiger partial charge in [0.15, 0.2) is 0 Å². The number of pyridine rings is 1. The molecule has 0 radical (unpaired) electrons. The number of hydrogen-bond acceptors (Lipinski definition) is 5. The Balaban J connectivity index is 2.39. The first-order valence-electron chi connectivity index (χ1n) is 6.79. The number of rotatable bonds is 1. The van der Waals surface area contributed by atoms with Crippen LogP contribution in [0.2, 0.25) is 0 Å². The second-order valence-electron chi connectivity index (χ2n) is 5.08. The van der Waals surface area contributed by atoms with Crippen molar-refractivity contribution < 1.29 is 0 Å². The molecule has 3 rings (SSSR count). The molecule has 0 amide bonds. The van der Waals surface area contributed by atoms with Crippen LogP contribution in [0.1, 0.15) is 22.3 Å². The summed E-state index contributed by atoms with van der Waals surface area (Å²) in [5.41, 5.74) is 8.66. The van der Waals surface area contributed by atoms with Gasteiger partial charge in [0.25, 0.3) is 0 Å². The van der Waals surface area contributed by atoms with Gasteiger partial charge in [0, 0.05) is 11.1 Å². The molecule has 1 unspecified atom stereocenters. The maximum atomic E-state index is 9.52. The van der Waals surface area contributed by atoms with Crippen LogP contribution in [-0.2, 0) is 0 Å². The Labute approximate surface area is 137 Å². The number of anilines is 1. The van der Waals surface area contributed by atoms with Crippen LogP contribution in [-0.4, -0.2) is 10.7 Å². The Bertz CT molecular complexity index is 987. The predicted molar refractivity (Wildman–Crippen MR) is 91.0 cm³/mol. The SMILES string of the molecule is N#Cc1c2c(c(N)[nH]c1=S)C(=N)C(C#N)C(c1ccccc1)=C2. The Morgan fingerprint density at radius 1 is 1.22 bits per heavy atom. The van der Waals surface area contributed by atoms with Crippen LogP contribution in [0, 0.1) is 38.6 Å². The van der Waals surface area contributed by atoms with Gasteiger partial charge < -0.3 is 16.1 Å². The Kier molecular flexibility index (Phi) is 3.53. The lowest BCUT2D eigenvalue weighted by atomic mass is 9.79. The molecule has 23 heavy (non-hydrogen) atoms. The molecule has 1 aromatic heterocycles. The predicted octanol–water partition coefficient (Wildman–Crippen LogP) is 3.26. The van der Waals surface area contributed by atoms with E-state index in [1.54, 1.807) is 6.08 Å². The molecule has 1 aromatic carbocycles. The summed E-state index contributed by atoms with van der Waals surface area (Å²) >= 11 is 5.15. The molecule has 5 nitrogen and oxygen atoms in total. The Morgan fingerprint density at radius 3 is 2.52 bits per heavy atom. The lowest BCUT2D eigenvalue weighted by molar-refractivity contribution is 1.12. The smallest absolute Gasteiger partial charge is 0.123 e. The second kappa shape index (κ2) is 5.53. The first kappa shape index (κ1) is 14.7. The molecular formula is C17H11N5S. The minimum absolute atomic E-state index is 0.0732. The van der Waals surface area contributed by atoms with E-state index >= 15 is 0 Å². The van der Waals surface area contributed by atoms with Crippen molar-refractivity contribution in [1.82, 2.24) is 4.98 Å². The standard InChI is InChI=1S/C17H11N5S/c18-7-12-10(9-4-2-1-3-5-9)6-11-13(8-19)17(23)22-16(21)14(11)15(12)20/h1-6,12,20H,(H3,21,22,23). The Hall–Kier alpha value is -3.22. The fourth-order valence-electron chi connectivity index (χ4n) is 2.74. The van der Waals surface area contributed by atoms with Crippen molar-refractivity contribution in [3.63, 3.8) is 0 Å². The largest absolute Gasteiger partial charge is 0.385 e. The van der Waals surface area contributed by atoms with E-state index in [4.69, 9.17) is 23.4 Å². The van der Waals surface area contributed by atoms with Gasteiger partial charge in [0.05, 0.1) is 17.3 Å². The van der Waals surface area contributed by atoms with Gasteiger partial charge in [0.1, 0.15) is 22.4 Å². The maximum Gasteiger partial charge on any atom is 0.123 e. The molecule has 0 spiro atoms. The molecule has 1 atom stereocenters. The number of aromatic amines is 1. The van der Waals surface area contributed by atoms with Gasteiger partial charge in [-0.2, -0.15) is 10.5 Å². The number of allylic oxidation sites excluding steroid dienone is 1. The molecule has 0 saturated carbocycles. The summed E-state index contributed by atoms with van der Waals surface area (Å²) in [6.07, 6.45) is 1.75. The molecule has 4 N–H and O–H groups in total. The number of nitrogens with two attached hydrogens (primary N) is 1. The molecule has 0 fully saturated rings. The van der Waals surface area contributed by atoms with E-state index in [1.807, 2.05) is 30.3 Å². The van der Waals surface area contributed by atoms with Crippen molar-refractivity contribution in [2.75, 3.05) is 5.73 Å². The van der Waals surface area contributed by atoms with Crippen LogP contribution in [0.5, 0.6) is 0 Å². The highest BCUT2D eigenvalue weighted by Crippen LogP contribution is 2.37. The third-order valence-corrected chi connectivity index (χ3v) is 4.11. The van der Waals surface area contributed by atoms with E-state index in [-0.39, 0.29) is 21.7 Å². The summed E-state index contributed by atoms with van der Waals surface area (Å²) in [4.78, 5) is 2.74. The van der Waals surface area contributed by atoms with Gasteiger partial charge in [-0.15, -0.1) is 0 Å². The average Bonchev–Trinajstić information content (AvgIpc) is 2.55. The first-order valence-corrected chi connectivity index (χ1v) is 7.20. The van der Waals surface area contributed by atoms with Crippen LogP contribution in [0.3, 0.4) is 0 Å². The summed E-state index contributed by atoms with van der Waals surface area (Å²) in [6.45, 7) is 0. The van der Waals surface area contributed by atoms with Crippen molar-refractivity contribution in [3.05, 3.63) is 57.2 Å². The number of benzene rings is 1. The van der Waals surface area contributed by atoms with Gasteiger partial charge in [-0.25, -0.2) is 0 Å². The number of H-pyrrole nitrogens is 1. The van der Waals surface area contributed by atoms with Crippen molar-refractivity contribution in [2.24, 2.45) is 5.92 Å². The molecule has 2 aromatic rings. The quantitative estimate of drug-likeness (QED) is 0.700. The highest BCUT2D eigenvalue weighted by Gasteiger charge is 2.31. The molecule has 1 aliphatic rings. The number of nitriles is 2. The van der Waals surface area contributed by atoms with Crippen molar-refractivity contribution in [1.29, 1.82) is 15.9 Å². The number of fused-ring (bicyclic) bond motifs is 1. The van der Waals surface area contributed by atoms with Crippen LogP contribution in [0.25, 0.3) is 11.6 Å². The first-order chi connectivity index (χ1) is 11.1. The molecule has 110 valence electrons. The number of nitrogen functional groups attached to an aromatic ring is 1. The maximum absolute atomic E-state index is 9.52. The monoisotopic (exact) mass is 317 g/mol. The highest BCUT2D eigenvalue weighted by molar-refractivity contribution is 7.71. The van der Waals surface area contributed by atoms with Gasteiger partial charge in [-0.1, -0.05) is 42.5 Å². The van der Waals surface area contributed by atoms with E-state index in [0.717, 1.165) is 5.56 Å². The third-order valence-electron chi connectivity index (χ3n) is 3.80. The highest BCUT2D eigenvalue weighted by atomic mass is 32.1. The minimum Gasteiger partial charge on any atom is -0.385 e. The average molecular weight is 317 g/mol. The normalized spacial score (nSPS) is 16.0. The van der Waals surface area contributed by atoms with E-state index in [2.05, 4.69) is 17.1 Å². The van der Waals surface area contributed by atoms with Crippen molar-refractivity contribution in [3.8, 4) is 12.1 Å². The molecule has 0 saturated heterocycles. The third kappa shape index (κ3) is 2.22. The van der Waals surface area contributed by atoms with Gasteiger partial charge in [-0.3, -0.25) is 0 Å². The molecule has 1 aliphatic carbocycles. The van der Waals surface area contributed by atoms with Crippen LogP contribution in [0.4, 0.5) is 5.82 Å². The number of nitrogens with zero attached hydrogens (tertiary/aromatic N) is 2. The lowest BCUT2D eigenvalue weighted by Gasteiger charge is -2.24. The minimum atomic E-state index is -0.747. The number of hydrogen-bond donors (Lipinski definition) is 3. The zero-order valence-corrected chi connectivity index (χ0v) is 12.7. The van der Waals surface area contributed by atoms with E-state index in [0.29, 0.717) is 16.7 Å². The second-order valence-corrected chi connectivity index (χ2v) is 5.49. The fraction of sp³-hybridized carbons (Fsp3) is 0.0588. The summed E-state index contributed by atoms with van der Waals surface area (Å²) in [5, 5.41) is 27.3. The Morgan fingerprint density at radius 2 is 1.91 bits per heavy atom. The number of aromatic nitrogens is 1. The zero-order valence-electron chi connectivity index (χ0n) is 11.9. The van der Waals surface area contributed by atoms with Gasteiger partial charge in [0.2, 0.25) is 0 Å². The topological polar surface area (TPSA) is 113 Å². The van der Waals surface area contributed by atoms with E-state index in [9.17, 15) is 10.5 Å². The summed E-state index contributed by atoms with van der Waals surface area (Å²) in [7, 11) is 0. The van der Waals surface area contributed by atoms with Crippen molar-refractivity contribution in [2.45, 2.75) is 0 Å². The van der Waals surface area contributed by atoms with Crippen LogP contribution in [0.15, 0.2) is 30.3 Å². The number of nitrogens with one attached hydrogen (secondary N) is 2. The summed E-state index contributed by atoms with van der Waals surface area (Å²) in [6, 6.07) is 13.6. The van der Waals surface area contributed by atoms with E-state index < -0.39 is 5.92 Å². The van der Waals surface area contributed by atoms with Crippen LogP contribution >= 0.6 is 12.2 Å². The summed E-state index contributed by atoms with van der Waals surface area (Å²) < 4.78 is 0.232.